The first-order valence-corrected chi connectivity index (χ1v) is 10.7. The number of fused-ring (bicyclic) bond motifs is 1. The highest BCUT2D eigenvalue weighted by atomic mass is 16.5. The molecule has 0 aliphatic carbocycles. The van der Waals surface area contributed by atoms with Gasteiger partial charge in [-0.25, -0.2) is 9.31 Å². The van der Waals surface area contributed by atoms with Gasteiger partial charge >= 0.3 is 5.97 Å². The molecule has 0 saturated carbocycles. The minimum absolute atomic E-state index is 0.127. The number of aromatic carboxylic acids is 1. The molecule has 164 valence electrons. The summed E-state index contributed by atoms with van der Waals surface area (Å²) in [7, 11) is 1.70. The molecule has 1 saturated heterocycles. The van der Waals surface area contributed by atoms with Crippen molar-refractivity contribution in [1.29, 1.82) is 0 Å². The van der Waals surface area contributed by atoms with Crippen LogP contribution in [-0.4, -0.2) is 52.0 Å². The van der Waals surface area contributed by atoms with Gasteiger partial charge in [-0.05, 0) is 50.5 Å². The van der Waals surface area contributed by atoms with E-state index in [1.807, 2.05) is 48.8 Å². The summed E-state index contributed by atoms with van der Waals surface area (Å²) in [5, 5.41) is 13.7. The predicted octanol–water partition coefficient (Wildman–Crippen LogP) is 4.09. The highest BCUT2D eigenvalue weighted by molar-refractivity contribution is 5.87. The number of carboxylic acid groups (broad SMARTS) is 1. The van der Waals surface area contributed by atoms with Crippen LogP contribution >= 0.6 is 0 Å². The van der Waals surface area contributed by atoms with Gasteiger partial charge in [-0.3, -0.25) is 4.90 Å². The van der Waals surface area contributed by atoms with Crippen LogP contribution in [0.25, 0.3) is 5.52 Å². The number of carboxylic acids is 1. The van der Waals surface area contributed by atoms with E-state index in [2.05, 4.69) is 10.00 Å². The monoisotopic (exact) mass is 423 g/mol. The molecule has 1 fully saturated rings. The zero-order valence-corrected chi connectivity index (χ0v) is 18.2. The Hall–Kier alpha value is -2.90. The number of likely N-dealkylation sites (tertiary alicyclic amines) is 1. The van der Waals surface area contributed by atoms with Crippen LogP contribution in [-0.2, 0) is 11.3 Å². The van der Waals surface area contributed by atoms with Gasteiger partial charge in [-0.15, -0.1) is 0 Å². The number of carbonyl (C=O) groups is 1. The molecule has 0 spiro atoms. The van der Waals surface area contributed by atoms with Crippen molar-refractivity contribution in [1.82, 2.24) is 14.5 Å². The van der Waals surface area contributed by atoms with Crippen LogP contribution in [0.4, 0.5) is 0 Å². The Labute approximate surface area is 182 Å². The van der Waals surface area contributed by atoms with Crippen molar-refractivity contribution in [2.45, 2.75) is 45.4 Å². The molecule has 1 N–H and O–H groups in total. The van der Waals surface area contributed by atoms with Gasteiger partial charge in [0.15, 0.2) is 0 Å². The number of hydrogen-bond donors (Lipinski definition) is 1. The fourth-order valence-electron chi connectivity index (χ4n) is 4.57. The number of aromatic nitrogens is 2. The molecule has 3 aromatic rings. The number of rotatable bonds is 7. The number of ether oxygens (including phenoxy) is 2. The lowest BCUT2D eigenvalue weighted by molar-refractivity contribution is -0.0138. The van der Waals surface area contributed by atoms with Crippen molar-refractivity contribution in [2.75, 3.05) is 20.3 Å². The smallest absolute Gasteiger partial charge is 0.335 e. The second-order valence-corrected chi connectivity index (χ2v) is 7.98. The number of pyridine rings is 1. The molecule has 0 unspecified atom stereocenters. The maximum atomic E-state index is 11.3. The summed E-state index contributed by atoms with van der Waals surface area (Å²) in [4.78, 5) is 13.7. The number of hydrogen-bond acceptors (Lipinski definition) is 5. The SMILES string of the molecule is CCO[C@H]1CCN(Cc2c(OC)cc(C)n3nccc23)[C@H](c2ccc(C(=O)O)cc2)C1. The third kappa shape index (κ3) is 4.29. The van der Waals surface area contributed by atoms with Gasteiger partial charge in [0.05, 0.1) is 30.5 Å². The van der Waals surface area contributed by atoms with E-state index in [4.69, 9.17) is 9.47 Å². The van der Waals surface area contributed by atoms with Gasteiger partial charge in [0, 0.05) is 43.1 Å². The summed E-state index contributed by atoms with van der Waals surface area (Å²) < 4.78 is 13.6. The fourth-order valence-corrected chi connectivity index (χ4v) is 4.57. The number of aryl methyl sites for hydroxylation is 1. The van der Waals surface area contributed by atoms with Crippen LogP contribution in [0.2, 0.25) is 0 Å². The summed E-state index contributed by atoms with van der Waals surface area (Å²) in [5.41, 5.74) is 4.58. The highest BCUT2D eigenvalue weighted by Gasteiger charge is 2.31. The van der Waals surface area contributed by atoms with Crippen molar-refractivity contribution >= 4 is 11.5 Å². The fraction of sp³-hybridized carbons (Fsp3) is 0.417. The summed E-state index contributed by atoms with van der Waals surface area (Å²) in [6.45, 7) is 6.33. The molecule has 0 bridgehead atoms. The van der Waals surface area contributed by atoms with E-state index >= 15 is 0 Å². The first-order chi connectivity index (χ1) is 15.0. The summed E-state index contributed by atoms with van der Waals surface area (Å²) in [6.07, 6.45) is 3.83. The van der Waals surface area contributed by atoms with Crippen LogP contribution in [0.15, 0.2) is 42.6 Å². The van der Waals surface area contributed by atoms with E-state index in [0.29, 0.717) is 18.7 Å². The minimum Gasteiger partial charge on any atom is -0.496 e. The van der Waals surface area contributed by atoms with E-state index in [9.17, 15) is 9.90 Å². The van der Waals surface area contributed by atoms with E-state index in [-0.39, 0.29) is 12.1 Å². The third-order valence-electron chi connectivity index (χ3n) is 6.11. The Kier molecular flexibility index (Phi) is 6.25. The van der Waals surface area contributed by atoms with Gasteiger partial charge in [0.25, 0.3) is 0 Å². The van der Waals surface area contributed by atoms with Crippen molar-refractivity contribution < 1.29 is 19.4 Å². The van der Waals surface area contributed by atoms with E-state index < -0.39 is 5.97 Å². The topological polar surface area (TPSA) is 76.3 Å². The second kappa shape index (κ2) is 9.08. The van der Waals surface area contributed by atoms with Gasteiger partial charge in [0.2, 0.25) is 0 Å². The first kappa shape index (κ1) is 21.3. The van der Waals surface area contributed by atoms with Gasteiger partial charge < -0.3 is 14.6 Å². The van der Waals surface area contributed by atoms with E-state index in [1.54, 1.807) is 19.2 Å². The maximum absolute atomic E-state index is 11.3. The number of piperidine rings is 1. The lowest BCUT2D eigenvalue weighted by Gasteiger charge is -2.40. The largest absolute Gasteiger partial charge is 0.496 e. The molecule has 1 aromatic carbocycles. The van der Waals surface area contributed by atoms with Crippen molar-refractivity contribution in [3.63, 3.8) is 0 Å². The molecule has 31 heavy (non-hydrogen) atoms. The van der Waals surface area contributed by atoms with E-state index in [1.165, 1.54) is 0 Å². The lowest BCUT2D eigenvalue weighted by Crippen LogP contribution is -2.39. The molecule has 4 rings (SSSR count). The van der Waals surface area contributed by atoms with Crippen molar-refractivity contribution in [3.05, 3.63) is 65.0 Å². The molecule has 0 amide bonds. The summed E-state index contributed by atoms with van der Waals surface area (Å²) in [5.74, 6) is -0.0517. The van der Waals surface area contributed by atoms with Crippen LogP contribution in [0.1, 0.15) is 53.0 Å². The molecule has 3 heterocycles. The maximum Gasteiger partial charge on any atom is 0.335 e. The number of nitrogens with zero attached hydrogens (tertiary/aromatic N) is 3. The highest BCUT2D eigenvalue weighted by Crippen LogP contribution is 2.36. The van der Waals surface area contributed by atoms with Crippen LogP contribution in [0, 0.1) is 6.92 Å². The van der Waals surface area contributed by atoms with Crippen LogP contribution in [0.5, 0.6) is 5.75 Å². The Morgan fingerprint density at radius 1 is 1.26 bits per heavy atom. The standard InChI is InChI=1S/C24H29N3O4/c1-4-31-19-10-12-26(22(14-19)17-5-7-18(8-6-17)24(28)29)15-20-21-9-11-25-27(21)16(2)13-23(20)30-3/h5-9,11,13,19,22H,4,10,12,14-15H2,1-3H3,(H,28,29)/t19-,22-/m0/s1. The zero-order chi connectivity index (χ0) is 22.0. The molecular formula is C24H29N3O4. The lowest BCUT2D eigenvalue weighted by atomic mass is 9.92. The molecule has 1 aliphatic heterocycles. The first-order valence-electron chi connectivity index (χ1n) is 10.7. The van der Waals surface area contributed by atoms with Gasteiger partial charge in [-0.2, -0.15) is 5.10 Å². The van der Waals surface area contributed by atoms with Crippen molar-refractivity contribution in [3.8, 4) is 5.75 Å². The molecule has 7 nitrogen and oxygen atoms in total. The molecular weight excluding hydrogens is 394 g/mol. The minimum atomic E-state index is -0.910. The quantitative estimate of drug-likeness (QED) is 0.617. The Bertz CT molecular complexity index is 1060. The molecule has 2 atom stereocenters. The number of methoxy groups -OCH3 is 1. The normalized spacial score (nSPS) is 19.6. The van der Waals surface area contributed by atoms with Gasteiger partial charge in [0.1, 0.15) is 5.75 Å². The van der Waals surface area contributed by atoms with Crippen LogP contribution in [0.3, 0.4) is 0 Å². The van der Waals surface area contributed by atoms with Gasteiger partial charge in [-0.1, -0.05) is 12.1 Å². The predicted molar refractivity (Wildman–Crippen MR) is 118 cm³/mol. The Morgan fingerprint density at radius 2 is 2.03 bits per heavy atom. The second-order valence-electron chi connectivity index (χ2n) is 7.98. The van der Waals surface area contributed by atoms with Crippen LogP contribution < -0.4 is 4.74 Å². The average Bonchev–Trinajstić information content (AvgIpc) is 3.27. The van der Waals surface area contributed by atoms with E-state index in [0.717, 1.165) is 47.5 Å². The molecule has 1 aliphatic rings. The molecule has 0 radical (unpaired) electrons. The van der Waals surface area contributed by atoms with Crippen molar-refractivity contribution in [2.24, 2.45) is 0 Å². The Morgan fingerprint density at radius 3 is 2.71 bits per heavy atom. The molecule has 7 heteroatoms. The zero-order valence-electron chi connectivity index (χ0n) is 18.2. The summed E-state index contributed by atoms with van der Waals surface area (Å²) >= 11 is 0. The third-order valence-corrected chi connectivity index (χ3v) is 6.11. The number of benzene rings is 1. The average molecular weight is 424 g/mol. The summed E-state index contributed by atoms with van der Waals surface area (Å²) in [6, 6.07) is 11.4. The Balaban J connectivity index is 1.69. The molecule has 2 aromatic heterocycles.